The first-order chi connectivity index (χ1) is 11.7. The zero-order valence-electron chi connectivity index (χ0n) is 13.7. The molecule has 4 aromatic rings. The summed E-state index contributed by atoms with van der Waals surface area (Å²) in [4.78, 5) is 8.27. The van der Waals surface area contributed by atoms with Crippen LogP contribution in [0.1, 0.15) is 17.4 Å². The molecule has 0 bridgehead atoms. The molecule has 0 N–H and O–H groups in total. The van der Waals surface area contributed by atoms with Gasteiger partial charge in [-0.05, 0) is 55.3 Å². The highest BCUT2D eigenvalue weighted by atomic mass is 32.1. The highest BCUT2D eigenvalue weighted by molar-refractivity contribution is 7.27. The molecule has 0 aliphatic rings. The maximum Gasteiger partial charge on any atom is 0.0449 e. The van der Waals surface area contributed by atoms with Crippen molar-refractivity contribution in [2.45, 2.75) is 20.3 Å². The Morgan fingerprint density at radius 3 is 1.67 bits per heavy atom. The SMILES string of the molecule is CCc1ccc(-c2ccc(-c3ccc(-c4ccc(C)cc4)s3)s2)s1. The molecule has 0 saturated carbocycles. The second-order valence-corrected chi connectivity index (χ2v) is 9.15. The highest BCUT2D eigenvalue weighted by Crippen LogP contribution is 2.41. The van der Waals surface area contributed by atoms with Crippen molar-refractivity contribution in [1.82, 2.24) is 0 Å². The summed E-state index contributed by atoms with van der Waals surface area (Å²) in [6.45, 7) is 4.35. The van der Waals surface area contributed by atoms with Crippen molar-refractivity contribution in [2.24, 2.45) is 0 Å². The molecular weight excluding hydrogens is 348 g/mol. The molecule has 0 unspecified atom stereocenters. The second kappa shape index (κ2) is 6.67. The molecular formula is C21H18S3. The molecule has 0 aliphatic heterocycles. The van der Waals surface area contributed by atoms with Crippen molar-refractivity contribution in [3.05, 3.63) is 71.1 Å². The number of aryl methyl sites for hydroxylation is 2. The van der Waals surface area contributed by atoms with Crippen molar-refractivity contribution in [3.8, 4) is 29.9 Å². The quantitative estimate of drug-likeness (QED) is 0.346. The Balaban J connectivity index is 1.62. The lowest BCUT2D eigenvalue weighted by Gasteiger charge is -1.97. The first kappa shape index (κ1) is 15.8. The second-order valence-electron chi connectivity index (χ2n) is 5.81. The van der Waals surface area contributed by atoms with Crippen molar-refractivity contribution in [3.63, 3.8) is 0 Å². The van der Waals surface area contributed by atoms with Crippen LogP contribution in [0.15, 0.2) is 60.7 Å². The van der Waals surface area contributed by atoms with Crippen molar-refractivity contribution in [1.29, 1.82) is 0 Å². The lowest BCUT2D eigenvalue weighted by molar-refractivity contribution is 1.19. The van der Waals surface area contributed by atoms with Crippen LogP contribution < -0.4 is 0 Å². The van der Waals surface area contributed by atoms with Gasteiger partial charge in [-0.3, -0.25) is 0 Å². The van der Waals surface area contributed by atoms with Crippen LogP contribution in [0.3, 0.4) is 0 Å². The summed E-state index contributed by atoms with van der Waals surface area (Å²) in [5.74, 6) is 0. The Kier molecular flexibility index (Phi) is 4.40. The molecule has 1 aromatic carbocycles. The normalized spacial score (nSPS) is 11.1. The Morgan fingerprint density at radius 2 is 1.08 bits per heavy atom. The van der Waals surface area contributed by atoms with E-state index in [9.17, 15) is 0 Å². The molecule has 0 aliphatic carbocycles. The molecule has 3 aromatic heterocycles. The van der Waals surface area contributed by atoms with E-state index in [4.69, 9.17) is 0 Å². The summed E-state index contributed by atoms with van der Waals surface area (Å²) in [5, 5.41) is 0. The van der Waals surface area contributed by atoms with Crippen LogP contribution in [0, 0.1) is 6.92 Å². The smallest absolute Gasteiger partial charge is 0.0449 e. The monoisotopic (exact) mass is 366 g/mol. The van der Waals surface area contributed by atoms with Gasteiger partial charge in [-0.25, -0.2) is 0 Å². The van der Waals surface area contributed by atoms with Crippen molar-refractivity contribution < 1.29 is 0 Å². The van der Waals surface area contributed by atoms with Crippen LogP contribution in [-0.2, 0) is 6.42 Å². The standard InChI is InChI=1S/C21H18S3/c1-3-16-8-9-18(22-16)19-12-13-21(24-19)20-11-10-17(23-20)15-6-4-14(2)5-7-15/h4-13H,3H2,1-2H3. The first-order valence-corrected chi connectivity index (χ1v) is 10.5. The van der Waals surface area contributed by atoms with E-state index in [1.54, 1.807) is 0 Å². The van der Waals surface area contributed by atoms with Gasteiger partial charge in [0.05, 0.1) is 0 Å². The molecule has 0 radical (unpaired) electrons. The summed E-state index contributed by atoms with van der Waals surface area (Å²) in [6, 6.07) is 22.3. The fourth-order valence-electron chi connectivity index (χ4n) is 2.65. The van der Waals surface area contributed by atoms with Crippen LogP contribution in [0.25, 0.3) is 29.9 Å². The van der Waals surface area contributed by atoms with Crippen molar-refractivity contribution in [2.75, 3.05) is 0 Å². The van der Waals surface area contributed by atoms with Crippen LogP contribution in [0.4, 0.5) is 0 Å². The predicted octanol–water partition coefficient (Wildman–Crippen LogP) is 7.74. The van der Waals surface area contributed by atoms with E-state index in [0.717, 1.165) is 6.42 Å². The van der Waals surface area contributed by atoms with E-state index in [2.05, 4.69) is 74.5 Å². The Hall–Kier alpha value is -1.68. The summed E-state index contributed by atoms with van der Waals surface area (Å²) in [7, 11) is 0. The third kappa shape index (κ3) is 3.12. The molecule has 120 valence electrons. The molecule has 0 amide bonds. The summed E-state index contributed by atoms with van der Waals surface area (Å²) >= 11 is 5.68. The van der Waals surface area contributed by atoms with Gasteiger partial charge >= 0.3 is 0 Å². The highest BCUT2D eigenvalue weighted by Gasteiger charge is 2.10. The van der Waals surface area contributed by atoms with E-state index >= 15 is 0 Å². The molecule has 0 nitrogen and oxygen atoms in total. The lowest BCUT2D eigenvalue weighted by atomic mass is 10.1. The maximum atomic E-state index is 2.26. The average Bonchev–Trinajstić information content (AvgIpc) is 3.34. The van der Waals surface area contributed by atoms with Crippen LogP contribution in [0.2, 0.25) is 0 Å². The van der Waals surface area contributed by atoms with Gasteiger partial charge in [-0.2, -0.15) is 0 Å². The van der Waals surface area contributed by atoms with E-state index in [1.807, 2.05) is 34.0 Å². The zero-order valence-corrected chi connectivity index (χ0v) is 16.2. The maximum absolute atomic E-state index is 2.26. The minimum absolute atomic E-state index is 1.12. The number of thiophene rings is 3. The summed E-state index contributed by atoms with van der Waals surface area (Å²) < 4.78 is 0. The topological polar surface area (TPSA) is 0 Å². The van der Waals surface area contributed by atoms with Gasteiger partial charge in [-0.15, -0.1) is 34.0 Å². The fraction of sp³-hybridized carbons (Fsp3) is 0.143. The number of hydrogen-bond donors (Lipinski definition) is 0. The van der Waals surface area contributed by atoms with E-state index in [1.165, 1.54) is 40.4 Å². The lowest BCUT2D eigenvalue weighted by Crippen LogP contribution is -1.72. The fourth-order valence-corrected chi connectivity index (χ4v) is 5.79. The molecule has 4 rings (SSSR count). The van der Waals surface area contributed by atoms with Gasteiger partial charge in [0.25, 0.3) is 0 Å². The largest absolute Gasteiger partial charge is 0.139 e. The molecule has 0 spiro atoms. The molecule has 0 atom stereocenters. The molecule has 0 saturated heterocycles. The van der Waals surface area contributed by atoms with Gasteiger partial charge in [0, 0.05) is 29.3 Å². The van der Waals surface area contributed by atoms with Gasteiger partial charge in [0.2, 0.25) is 0 Å². The van der Waals surface area contributed by atoms with Gasteiger partial charge < -0.3 is 0 Å². The van der Waals surface area contributed by atoms with Crippen LogP contribution in [0.5, 0.6) is 0 Å². The van der Waals surface area contributed by atoms with E-state index < -0.39 is 0 Å². The summed E-state index contributed by atoms with van der Waals surface area (Å²) in [5.41, 5.74) is 2.61. The first-order valence-electron chi connectivity index (χ1n) is 8.09. The Bertz CT molecular complexity index is 951. The third-order valence-corrected chi connectivity index (χ3v) is 7.88. The molecule has 24 heavy (non-hydrogen) atoms. The molecule has 3 heterocycles. The Morgan fingerprint density at radius 1 is 0.583 bits per heavy atom. The van der Waals surface area contributed by atoms with Crippen molar-refractivity contribution >= 4 is 34.0 Å². The predicted molar refractivity (Wildman–Crippen MR) is 110 cm³/mol. The van der Waals surface area contributed by atoms with Crippen LogP contribution >= 0.6 is 34.0 Å². The third-order valence-electron chi connectivity index (χ3n) is 4.04. The summed E-state index contributed by atoms with van der Waals surface area (Å²) in [6.07, 6.45) is 1.12. The Labute approximate surface area is 155 Å². The number of benzene rings is 1. The van der Waals surface area contributed by atoms with Gasteiger partial charge in [0.1, 0.15) is 0 Å². The van der Waals surface area contributed by atoms with E-state index in [0.29, 0.717) is 0 Å². The van der Waals surface area contributed by atoms with E-state index in [-0.39, 0.29) is 0 Å². The zero-order chi connectivity index (χ0) is 16.5. The van der Waals surface area contributed by atoms with Crippen LogP contribution in [-0.4, -0.2) is 0 Å². The average molecular weight is 367 g/mol. The molecule has 3 heteroatoms. The minimum Gasteiger partial charge on any atom is -0.139 e. The van der Waals surface area contributed by atoms with Gasteiger partial charge in [-0.1, -0.05) is 36.8 Å². The minimum atomic E-state index is 1.12. The number of hydrogen-bond acceptors (Lipinski definition) is 3. The van der Waals surface area contributed by atoms with Gasteiger partial charge in [0.15, 0.2) is 0 Å². The number of rotatable bonds is 4. The molecule has 0 fully saturated rings.